The van der Waals surface area contributed by atoms with E-state index in [1.54, 1.807) is 11.6 Å². The molecule has 5 rings (SSSR count). The minimum Gasteiger partial charge on any atom is -0.465 e. The van der Waals surface area contributed by atoms with Crippen LogP contribution < -0.4 is 16.3 Å². The molecule has 1 unspecified atom stereocenters. The number of nitrogens with one attached hydrogen (secondary N) is 2. The first kappa shape index (κ1) is 25.0. The predicted molar refractivity (Wildman–Crippen MR) is 134 cm³/mol. The molecule has 3 N–H and O–H groups in total. The van der Waals surface area contributed by atoms with Gasteiger partial charge in [-0.05, 0) is 62.5 Å². The van der Waals surface area contributed by atoms with E-state index in [2.05, 4.69) is 10.6 Å². The van der Waals surface area contributed by atoms with Crippen LogP contribution in [0.1, 0.15) is 68.9 Å². The van der Waals surface area contributed by atoms with Crippen molar-refractivity contribution in [2.24, 2.45) is 13.0 Å². The van der Waals surface area contributed by atoms with Crippen molar-refractivity contribution in [2.45, 2.75) is 69.4 Å². The molecule has 11 nitrogen and oxygen atoms in total. The zero-order chi connectivity index (χ0) is 26.3. The van der Waals surface area contributed by atoms with Gasteiger partial charge in [0.1, 0.15) is 6.04 Å². The number of imidazole rings is 1. The molecule has 1 aromatic heterocycles. The normalized spacial score (nSPS) is 25.2. The topological polar surface area (TPSA) is 143 Å². The van der Waals surface area contributed by atoms with Crippen molar-refractivity contribution in [3.63, 3.8) is 0 Å². The average molecular weight is 512 g/mol. The number of para-hydroxylation sites is 1. The number of nitrogens with zero attached hydrogens (tertiary/aromatic N) is 3. The Morgan fingerprint density at radius 1 is 1.00 bits per heavy atom. The van der Waals surface area contributed by atoms with Crippen molar-refractivity contribution in [1.29, 1.82) is 0 Å². The summed E-state index contributed by atoms with van der Waals surface area (Å²) < 4.78 is 3.10. The Morgan fingerprint density at radius 3 is 2.35 bits per heavy atom. The zero-order valence-electron chi connectivity index (χ0n) is 20.9. The molecule has 198 valence electrons. The summed E-state index contributed by atoms with van der Waals surface area (Å²) in [6, 6.07) is 4.98. The second kappa shape index (κ2) is 10.0. The number of imide groups is 1. The Bertz CT molecular complexity index is 1300. The quantitative estimate of drug-likeness (QED) is 0.535. The molecule has 3 aliphatic rings. The second-order valence-electron chi connectivity index (χ2n) is 10.5. The van der Waals surface area contributed by atoms with Crippen LogP contribution in [0.3, 0.4) is 0 Å². The maximum Gasteiger partial charge on any atom is 0.404 e. The van der Waals surface area contributed by atoms with E-state index < -0.39 is 18.0 Å². The highest BCUT2D eigenvalue weighted by atomic mass is 16.4. The Morgan fingerprint density at radius 2 is 1.70 bits per heavy atom. The number of rotatable bonds is 4. The summed E-state index contributed by atoms with van der Waals surface area (Å²) >= 11 is 0. The van der Waals surface area contributed by atoms with E-state index in [9.17, 15) is 24.0 Å². The average Bonchev–Trinajstić information content (AvgIpc) is 3.14. The summed E-state index contributed by atoms with van der Waals surface area (Å²) in [4.78, 5) is 63.3. The molecule has 2 aliphatic heterocycles. The number of aromatic nitrogens is 2. The van der Waals surface area contributed by atoms with Gasteiger partial charge in [0.2, 0.25) is 17.7 Å². The smallest absolute Gasteiger partial charge is 0.404 e. The summed E-state index contributed by atoms with van der Waals surface area (Å²) in [5, 5.41) is 13.8. The first-order valence-electron chi connectivity index (χ1n) is 13.1. The molecular formula is C26H33N5O6. The number of aryl methyl sites for hydroxylation is 1. The fraction of sp³-hybridized carbons (Fsp3) is 0.577. The van der Waals surface area contributed by atoms with Crippen molar-refractivity contribution in [3.8, 4) is 0 Å². The SMILES string of the molecule is Cn1c(=O)n(C2CCC(=O)NC2=O)c2cccc(C3CCN(C(=O)C4CCC(NC(=O)O)CC4)CC3)c21. The van der Waals surface area contributed by atoms with Crippen LogP contribution in [0.25, 0.3) is 11.0 Å². The maximum atomic E-state index is 13.2. The molecule has 1 aliphatic carbocycles. The van der Waals surface area contributed by atoms with Crippen molar-refractivity contribution >= 4 is 34.8 Å². The minimum atomic E-state index is -1.02. The highest BCUT2D eigenvalue weighted by molar-refractivity contribution is 6.00. The number of carbonyl (C=O) groups is 4. The maximum absolute atomic E-state index is 13.2. The molecule has 0 bridgehead atoms. The molecule has 0 radical (unpaired) electrons. The minimum absolute atomic E-state index is 0.0600. The van der Waals surface area contributed by atoms with Gasteiger partial charge in [0.15, 0.2) is 0 Å². The number of benzene rings is 1. The third-order valence-corrected chi connectivity index (χ3v) is 8.31. The summed E-state index contributed by atoms with van der Waals surface area (Å²) in [5.74, 6) is -0.499. The molecule has 3 fully saturated rings. The zero-order valence-corrected chi connectivity index (χ0v) is 20.9. The first-order valence-corrected chi connectivity index (χ1v) is 13.1. The predicted octanol–water partition coefficient (Wildman–Crippen LogP) is 1.85. The lowest BCUT2D eigenvalue weighted by atomic mass is 9.83. The van der Waals surface area contributed by atoms with E-state index in [0.29, 0.717) is 50.7 Å². The first-order chi connectivity index (χ1) is 17.7. The molecule has 2 saturated heterocycles. The fourth-order valence-electron chi connectivity index (χ4n) is 6.36. The fourth-order valence-corrected chi connectivity index (χ4v) is 6.36. The Balaban J connectivity index is 1.29. The van der Waals surface area contributed by atoms with Crippen molar-refractivity contribution in [3.05, 3.63) is 34.2 Å². The van der Waals surface area contributed by atoms with Crippen LogP contribution in [0.15, 0.2) is 23.0 Å². The number of piperidine rings is 2. The second-order valence-corrected chi connectivity index (χ2v) is 10.5. The standard InChI is InChI=1S/C26H33N5O6/c1-29-22-18(3-2-4-19(22)31(26(29)37)20-9-10-21(32)28-23(20)33)15-11-13-30(14-12-15)24(34)16-5-7-17(8-6-16)27-25(35)36/h2-4,15-17,20,27H,5-14H2,1H3,(H,35,36)(H,28,32,33). The van der Waals surface area contributed by atoms with Crippen molar-refractivity contribution < 1.29 is 24.3 Å². The molecule has 0 spiro atoms. The third-order valence-electron chi connectivity index (χ3n) is 8.31. The molecule has 11 heteroatoms. The summed E-state index contributed by atoms with van der Waals surface area (Å²) in [6.45, 7) is 1.27. The highest BCUT2D eigenvalue weighted by Crippen LogP contribution is 2.35. The third kappa shape index (κ3) is 4.74. The van der Waals surface area contributed by atoms with E-state index in [0.717, 1.165) is 23.9 Å². The molecule has 3 heterocycles. The largest absolute Gasteiger partial charge is 0.465 e. The number of likely N-dealkylation sites (tertiary alicyclic amines) is 1. The van der Waals surface area contributed by atoms with Gasteiger partial charge < -0.3 is 15.3 Å². The number of hydrogen-bond acceptors (Lipinski definition) is 5. The van der Waals surface area contributed by atoms with Gasteiger partial charge in [-0.25, -0.2) is 9.59 Å². The van der Waals surface area contributed by atoms with Crippen LogP contribution >= 0.6 is 0 Å². The van der Waals surface area contributed by atoms with E-state index in [1.165, 1.54) is 4.57 Å². The van der Waals surface area contributed by atoms with Crippen LogP contribution in [-0.4, -0.2) is 62.1 Å². The number of hydrogen-bond donors (Lipinski definition) is 3. The summed E-state index contributed by atoms with van der Waals surface area (Å²) in [6.07, 6.45) is 3.77. The summed E-state index contributed by atoms with van der Waals surface area (Å²) in [7, 11) is 1.71. The van der Waals surface area contributed by atoms with Crippen LogP contribution in [-0.2, 0) is 21.4 Å². The van der Waals surface area contributed by atoms with Gasteiger partial charge in [-0.3, -0.25) is 28.8 Å². The van der Waals surface area contributed by atoms with Crippen molar-refractivity contribution in [2.75, 3.05) is 13.1 Å². The Kier molecular flexibility index (Phi) is 6.78. The van der Waals surface area contributed by atoms with Gasteiger partial charge in [0, 0.05) is 38.5 Å². The van der Waals surface area contributed by atoms with Crippen LogP contribution in [0.4, 0.5) is 4.79 Å². The molecule has 2 aromatic rings. The van der Waals surface area contributed by atoms with Gasteiger partial charge in [0.25, 0.3) is 0 Å². The Hall–Kier alpha value is -3.63. The van der Waals surface area contributed by atoms with E-state index in [4.69, 9.17) is 5.11 Å². The molecular weight excluding hydrogens is 478 g/mol. The molecule has 1 saturated carbocycles. The van der Waals surface area contributed by atoms with Crippen LogP contribution in [0.2, 0.25) is 0 Å². The molecule has 4 amide bonds. The Labute approximate surface area is 213 Å². The molecule has 1 aromatic carbocycles. The van der Waals surface area contributed by atoms with Gasteiger partial charge in [0.05, 0.1) is 11.0 Å². The highest BCUT2D eigenvalue weighted by Gasteiger charge is 2.34. The van der Waals surface area contributed by atoms with E-state index in [-0.39, 0.29) is 41.8 Å². The lowest BCUT2D eigenvalue weighted by Gasteiger charge is -2.36. The van der Waals surface area contributed by atoms with Crippen molar-refractivity contribution in [1.82, 2.24) is 24.7 Å². The number of carboxylic acid groups (broad SMARTS) is 1. The van der Waals surface area contributed by atoms with E-state index in [1.807, 2.05) is 23.1 Å². The van der Waals surface area contributed by atoms with Gasteiger partial charge in [-0.2, -0.15) is 0 Å². The summed E-state index contributed by atoms with van der Waals surface area (Å²) in [5.41, 5.74) is 2.24. The van der Waals surface area contributed by atoms with Crippen LogP contribution in [0.5, 0.6) is 0 Å². The van der Waals surface area contributed by atoms with Gasteiger partial charge in [-0.15, -0.1) is 0 Å². The number of amides is 4. The molecule has 37 heavy (non-hydrogen) atoms. The lowest BCUT2D eigenvalue weighted by Crippen LogP contribution is -2.44. The lowest BCUT2D eigenvalue weighted by molar-refractivity contribution is -0.138. The van der Waals surface area contributed by atoms with Gasteiger partial charge >= 0.3 is 11.8 Å². The number of carbonyl (C=O) groups excluding carboxylic acids is 3. The van der Waals surface area contributed by atoms with E-state index >= 15 is 0 Å². The molecule has 1 atom stereocenters. The number of fused-ring (bicyclic) bond motifs is 1. The monoisotopic (exact) mass is 511 g/mol. The van der Waals surface area contributed by atoms with Crippen LogP contribution in [0, 0.1) is 5.92 Å². The van der Waals surface area contributed by atoms with Gasteiger partial charge in [-0.1, -0.05) is 12.1 Å².